The molecule has 1 heterocycles. The lowest BCUT2D eigenvalue weighted by molar-refractivity contribution is 0.0442. The minimum atomic E-state index is -0.463. The van der Waals surface area contributed by atoms with E-state index in [1.807, 2.05) is 0 Å². The zero-order valence-electron chi connectivity index (χ0n) is 24.7. The number of methoxy groups -OCH3 is 6. The molecular weight excluding hydrogens is 536 g/mol. The molecule has 1 aliphatic heterocycles. The van der Waals surface area contributed by atoms with Crippen LogP contribution < -0.4 is 28.4 Å². The Hall–Kier alpha value is -3.90. The van der Waals surface area contributed by atoms with Crippen molar-refractivity contribution in [1.29, 1.82) is 0 Å². The SMILES string of the molecule is COc1cc(C(=O)OCCN2CCCN(CCOC(=O)c3cc(OC)c(OC)c(OC)c3)CC2)cc(OC)c1OC. The lowest BCUT2D eigenvalue weighted by Crippen LogP contribution is -2.34. The second-order valence-electron chi connectivity index (χ2n) is 9.14. The van der Waals surface area contributed by atoms with Crippen molar-refractivity contribution < 1.29 is 47.5 Å². The number of esters is 2. The molecule has 0 unspecified atom stereocenters. The number of nitrogens with zero attached hydrogens (tertiary/aromatic N) is 2. The van der Waals surface area contributed by atoms with Crippen molar-refractivity contribution in [2.75, 3.05) is 95.1 Å². The van der Waals surface area contributed by atoms with Crippen LogP contribution in [0.4, 0.5) is 0 Å². The van der Waals surface area contributed by atoms with Crippen LogP contribution in [0.1, 0.15) is 27.1 Å². The Morgan fingerprint density at radius 1 is 0.561 bits per heavy atom. The van der Waals surface area contributed by atoms with Crippen LogP contribution in [-0.2, 0) is 9.47 Å². The predicted octanol–water partition coefficient (Wildman–Crippen LogP) is 2.76. The van der Waals surface area contributed by atoms with E-state index < -0.39 is 11.9 Å². The minimum Gasteiger partial charge on any atom is -0.493 e. The number of carbonyl (C=O) groups is 2. The van der Waals surface area contributed by atoms with E-state index in [9.17, 15) is 9.59 Å². The van der Waals surface area contributed by atoms with Crippen LogP contribution in [-0.4, -0.2) is 117 Å². The Balaban J connectivity index is 1.43. The monoisotopic (exact) mass is 576 g/mol. The summed E-state index contributed by atoms with van der Waals surface area (Å²) in [4.78, 5) is 29.8. The number of hydrogen-bond acceptors (Lipinski definition) is 12. The maximum absolute atomic E-state index is 12.7. The molecule has 0 aliphatic carbocycles. The molecule has 0 atom stereocenters. The molecule has 226 valence electrons. The van der Waals surface area contributed by atoms with E-state index >= 15 is 0 Å². The summed E-state index contributed by atoms with van der Waals surface area (Å²) in [6.07, 6.45) is 0.946. The van der Waals surface area contributed by atoms with Crippen LogP contribution in [0.3, 0.4) is 0 Å². The largest absolute Gasteiger partial charge is 0.493 e. The quantitative estimate of drug-likeness (QED) is 0.308. The molecule has 2 aromatic rings. The van der Waals surface area contributed by atoms with Gasteiger partial charge in [-0.2, -0.15) is 0 Å². The van der Waals surface area contributed by atoms with Crippen molar-refractivity contribution >= 4 is 11.9 Å². The van der Waals surface area contributed by atoms with Gasteiger partial charge in [-0.1, -0.05) is 0 Å². The highest BCUT2D eigenvalue weighted by Crippen LogP contribution is 2.39. The summed E-state index contributed by atoms with van der Waals surface area (Å²) in [5.74, 6) is 1.46. The highest BCUT2D eigenvalue weighted by Gasteiger charge is 2.21. The van der Waals surface area contributed by atoms with Crippen LogP contribution >= 0.6 is 0 Å². The second-order valence-corrected chi connectivity index (χ2v) is 9.14. The fourth-order valence-electron chi connectivity index (χ4n) is 4.57. The first-order chi connectivity index (χ1) is 19.9. The summed E-state index contributed by atoms with van der Waals surface area (Å²) >= 11 is 0. The predicted molar refractivity (Wildman–Crippen MR) is 150 cm³/mol. The van der Waals surface area contributed by atoms with E-state index in [2.05, 4.69) is 9.80 Å². The van der Waals surface area contributed by atoms with Gasteiger partial charge in [0, 0.05) is 26.2 Å². The summed E-state index contributed by atoms with van der Waals surface area (Å²) in [6, 6.07) is 6.29. The van der Waals surface area contributed by atoms with Gasteiger partial charge in [0.05, 0.1) is 53.8 Å². The third-order valence-corrected chi connectivity index (χ3v) is 6.76. The smallest absolute Gasteiger partial charge is 0.338 e. The molecule has 1 aliphatic rings. The van der Waals surface area contributed by atoms with Gasteiger partial charge in [0.15, 0.2) is 23.0 Å². The van der Waals surface area contributed by atoms with Crippen LogP contribution in [0, 0.1) is 0 Å². The number of benzene rings is 2. The number of ether oxygens (including phenoxy) is 8. The summed E-state index contributed by atoms with van der Waals surface area (Å²) in [5.41, 5.74) is 0.644. The van der Waals surface area contributed by atoms with Crippen molar-refractivity contribution in [2.45, 2.75) is 6.42 Å². The van der Waals surface area contributed by atoms with Crippen molar-refractivity contribution in [1.82, 2.24) is 9.80 Å². The molecule has 0 spiro atoms. The highest BCUT2D eigenvalue weighted by atomic mass is 16.5. The number of hydrogen-bond donors (Lipinski definition) is 0. The van der Waals surface area contributed by atoms with E-state index in [0.29, 0.717) is 58.7 Å². The fraction of sp³-hybridized carbons (Fsp3) is 0.517. The molecular formula is C29H40N2O10. The van der Waals surface area contributed by atoms with E-state index in [1.165, 1.54) is 42.7 Å². The van der Waals surface area contributed by atoms with Gasteiger partial charge in [-0.3, -0.25) is 9.80 Å². The van der Waals surface area contributed by atoms with Crippen LogP contribution in [0.2, 0.25) is 0 Å². The molecule has 3 rings (SSSR count). The van der Waals surface area contributed by atoms with Gasteiger partial charge in [0.25, 0.3) is 0 Å². The molecule has 41 heavy (non-hydrogen) atoms. The number of rotatable bonds is 14. The van der Waals surface area contributed by atoms with Crippen LogP contribution in [0.15, 0.2) is 24.3 Å². The first-order valence-corrected chi connectivity index (χ1v) is 13.3. The van der Waals surface area contributed by atoms with E-state index in [1.54, 1.807) is 24.3 Å². The molecule has 0 amide bonds. The topological polar surface area (TPSA) is 114 Å². The Labute approximate surface area is 240 Å². The third kappa shape index (κ3) is 8.30. The van der Waals surface area contributed by atoms with Gasteiger partial charge < -0.3 is 37.9 Å². The Bertz CT molecular complexity index is 1030. The van der Waals surface area contributed by atoms with Gasteiger partial charge in [-0.05, 0) is 43.8 Å². The van der Waals surface area contributed by atoms with Crippen molar-refractivity contribution in [3.8, 4) is 34.5 Å². The van der Waals surface area contributed by atoms with Gasteiger partial charge in [-0.15, -0.1) is 0 Å². The molecule has 1 saturated heterocycles. The molecule has 0 radical (unpaired) electrons. The molecule has 0 aromatic heterocycles. The van der Waals surface area contributed by atoms with E-state index in [-0.39, 0.29) is 13.2 Å². The van der Waals surface area contributed by atoms with Crippen molar-refractivity contribution in [3.05, 3.63) is 35.4 Å². The molecule has 0 N–H and O–H groups in total. The fourth-order valence-corrected chi connectivity index (χ4v) is 4.57. The molecule has 12 nitrogen and oxygen atoms in total. The minimum absolute atomic E-state index is 0.252. The number of carbonyl (C=O) groups excluding carboxylic acids is 2. The third-order valence-electron chi connectivity index (χ3n) is 6.76. The summed E-state index contributed by atoms with van der Waals surface area (Å²) < 4.78 is 42.9. The molecule has 0 bridgehead atoms. The first kappa shape index (κ1) is 31.6. The van der Waals surface area contributed by atoms with Crippen LogP contribution in [0.5, 0.6) is 34.5 Å². The second kappa shape index (κ2) is 15.8. The maximum Gasteiger partial charge on any atom is 0.338 e. The normalized spacial score (nSPS) is 14.0. The summed E-state index contributed by atoms with van der Waals surface area (Å²) in [7, 11) is 8.99. The Morgan fingerprint density at radius 2 is 0.902 bits per heavy atom. The molecule has 12 heteroatoms. The molecule has 0 saturated carbocycles. The zero-order valence-corrected chi connectivity index (χ0v) is 24.7. The van der Waals surface area contributed by atoms with Crippen molar-refractivity contribution in [2.24, 2.45) is 0 Å². The van der Waals surface area contributed by atoms with Gasteiger partial charge in [0.1, 0.15) is 13.2 Å². The highest BCUT2D eigenvalue weighted by molar-refractivity contribution is 5.91. The lowest BCUT2D eigenvalue weighted by atomic mass is 10.2. The lowest BCUT2D eigenvalue weighted by Gasteiger charge is -2.21. The first-order valence-electron chi connectivity index (χ1n) is 13.3. The maximum atomic E-state index is 12.7. The summed E-state index contributed by atoms with van der Waals surface area (Å²) in [6.45, 7) is 5.10. The van der Waals surface area contributed by atoms with Gasteiger partial charge in [-0.25, -0.2) is 9.59 Å². The van der Waals surface area contributed by atoms with E-state index in [4.69, 9.17) is 37.9 Å². The zero-order chi connectivity index (χ0) is 29.8. The van der Waals surface area contributed by atoms with Crippen molar-refractivity contribution in [3.63, 3.8) is 0 Å². The molecule has 1 fully saturated rings. The average molecular weight is 577 g/mol. The summed E-state index contributed by atoms with van der Waals surface area (Å²) in [5, 5.41) is 0. The average Bonchev–Trinajstić information content (AvgIpc) is 3.24. The Morgan fingerprint density at radius 3 is 1.20 bits per heavy atom. The van der Waals surface area contributed by atoms with Crippen LogP contribution in [0.25, 0.3) is 0 Å². The Kier molecular flexibility index (Phi) is 12.2. The van der Waals surface area contributed by atoms with Gasteiger partial charge >= 0.3 is 11.9 Å². The van der Waals surface area contributed by atoms with E-state index in [0.717, 1.165) is 32.6 Å². The molecule has 2 aromatic carbocycles. The standard InChI is InChI=1S/C29H40N2O10/c1-34-22-16-20(17-23(35-2)26(22)38-5)28(32)40-14-12-30-8-7-9-31(11-10-30)13-15-41-29(33)21-18-24(36-3)27(39-6)25(19-21)37-4/h16-19H,7-15H2,1-6H3. The van der Waals surface area contributed by atoms with Gasteiger partial charge in [0.2, 0.25) is 11.5 Å².